The van der Waals surface area contributed by atoms with Crippen molar-refractivity contribution in [3.8, 4) is 11.4 Å². The van der Waals surface area contributed by atoms with Gasteiger partial charge in [0.2, 0.25) is 11.6 Å². The first-order valence-electron chi connectivity index (χ1n) is 9.15. The van der Waals surface area contributed by atoms with Crippen molar-refractivity contribution in [1.82, 2.24) is 19.2 Å². The van der Waals surface area contributed by atoms with Crippen molar-refractivity contribution in [3.63, 3.8) is 0 Å². The van der Waals surface area contributed by atoms with Crippen molar-refractivity contribution in [2.75, 3.05) is 18.2 Å². The molecule has 0 radical (unpaired) electrons. The summed E-state index contributed by atoms with van der Waals surface area (Å²) in [5, 5.41) is 11.4. The number of nitrogens with one attached hydrogen (secondary N) is 1. The van der Waals surface area contributed by atoms with Gasteiger partial charge >= 0.3 is 5.56 Å². The van der Waals surface area contributed by atoms with Gasteiger partial charge in [-0.25, -0.2) is 0 Å². The van der Waals surface area contributed by atoms with Crippen LogP contribution in [0, 0.1) is 6.92 Å². The number of nitrogens with zero attached hydrogens (tertiary/aromatic N) is 4. The lowest BCUT2D eigenvalue weighted by Gasteiger charge is -2.08. The number of anilines is 1. The first-order valence-corrected chi connectivity index (χ1v) is 10.1. The van der Waals surface area contributed by atoms with E-state index in [1.165, 1.54) is 16.3 Å². The highest BCUT2D eigenvalue weighted by Gasteiger charge is 2.14. The van der Waals surface area contributed by atoms with E-state index in [0.29, 0.717) is 16.6 Å². The number of benzene rings is 2. The molecule has 0 bridgehead atoms. The quantitative estimate of drug-likeness (QED) is 0.482. The lowest BCUT2D eigenvalue weighted by atomic mass is 10.2. The van der Waals surface area contributed by atoms with Gasteiger partial charge in [-0.3, -0.25) is 18.6 Å². The van der Waals surface area contributed by atoms with Crippen molar-refractivity contribution in [1.29, 1.82) is 0 Å². The molecule has 9 heteroatoms. The Balaban J connectivity index is 1.53. The van der Waals surface area contributed by atoms with Gasteiger partial charge in [-0.1, -0.05) is 30.0 Å². The van der Waals surface area contributed by atoms with Crippen LogP contribution in [-0.2, 0) is 4.79 Å². The van der Waals surface area contributed by atoms with Crippen molar-refractivity contribution in [3.05, 3.63) is 76.8 Å². The summed E-state index contributed by atoms with van der Waals surface area (Å²) in [6.45, 7) is 1.96. The van der Waals surface area contributed by atoms with E-state index in [1.54, 1.807) is 36.0 Å². The summed E-state index contributed by atoms with van der Waals surface area (Å²) in [6, 6.07) is 14.8. The summed E-state index contributed by atoms with van der Waals surface area (Å²) in [5.74, 6) is 0.636. The molecule has 2 aromatic carbocycles. The number of ether oxygens (including phenoxy) is 1. The van der Waals surface area contributed by atoms with Crippen LogP contribution in [0.5, 0.6) is 5.75 Å². The Morgan fingerprint density at radius 2 is 1.97 bits per heavy atom. The van der Waals surface area contributed by atoms with Gasteiger partial charge in [-0.05, 0) is 36.8 Å². The van der Waals surface area contributed by atoms with Crippen LogP contribution < -0.4 is 15.6 Å². The molecule has 0 saturated heterocycles. The second-order valence-corrected chi connectivity index (χ2v) is 7.50. The van der Waals surface area contributed by atoms with E-state index in [2.05, 4.69) is 15.5 Å². The van der Waals surface area contributed by atoms with E-state index in [0.717, 1.165) is 11.3 Å². The minimum Gasteiger partial charge on any atom is -0.497 e. The number of aromatic nitrogens is 4. The Kier molecular flexibility index (Phi) is 5.53. The third-order valence-electron chi connectivity index (χ3n) is 4.41. The molecule has 1 amide bonds. The number of amides is 1. The molecule has 0 fully saturated rings. The number of carbonyl (C=O) groups is 1. The standard InChI is InChI=1S/C21H19N5O3S/c1-14-5-3-6-15(11-14)22-18(27)13-30-21-24-23-19-20(28)25(9-10-26(19)21)16-7-4-8-17(12-16)29-2/h3-12H,13H2,1-2H3,(H,22,27). The summed E-state index contributed by atoms with van der Waals surface area (Å²) in [5.41, 5.74) is 2.34. The van der Waals surface area contributed by atoms with Gasteiger partial charge in [-0.15, -0.1) is 10.2 Å². The molecule has 1 N–H and O–H groups in total. The minimum absolute atomic E-state index is 0.147. The van der Waals surface area contributed by atoms with Crippen molar-refractivity contribution in [2.45, 2.75) is 12.1 Å². The monoisotopic (exact) mass is 421 g/mol. The van der Waals surface area contributed by atoms with E-state index in [1.807, 2.05) is 43.3 Å². The van der Waals surface area contributed by atoms with Crippen LogP contribution in [0.2, 0.25) is 0 Å². The molecule has 0 unspecified atom stereocenters. The van der Waals surface area contributed by atoms with E-state index >= 15 is 0 Å². The van der Waals surface area contributed by atoms with Gasteiger partial charge in [0.25, 0.3) is 0 Å². The number of methoxy groups -OCH3 is 1. The average molecular weight is 421 g/mol. The number of aryl methyl sites for hydroxylation is 1. The van der Waals surface area contributed by atoms with E-state index in [9.17, 15) is 9.59 Å². The minimum atomic E-state index is -0.311. The maximum Gasteiger partial charge on any atom is 0.300 e. The molecule has 0 aliphatic heterocycles. The van der Waals surface area contributed by atoms with Crippen molar-refractivity contribution >= 4 is 29.0 Å². The number of rotatable bonds is 6. The Bertz CT molecular complexity index is 1280. The molecule has 4 rings (SSSR count). The molecule has 2 aromatic heterocycles. The van der Waals surface area contributed by atoms with Gasteiger partial charge in [0.05, 0.1) is 18.6 Å². The summed E-state index contributed by atoms with van der Waals surface area (Å²) < 4.78 is 8.29. The van der Waals surface area contributed by atoms with Crippen LogP contribution in [0.1, 0.15) is 5.56 Å². The predicted molar refractivity (Wildman–Crippen MR) is 116 cm³/mol. The van der Waals surface area contributed by atoms with Gasteiger partial charge in [0, 0.05) is 24.1 Å². The van der Waals surface area contributed by atoms with Crippen LogP contribution in [0.25, 0.3) is 11.3 Å². The largest absolute Gasteiger partial charge is 0.497 e. The van der Waals surface area contributed by atoms with Crippen molar-refractivity contribution in [2.24, 2.45) is 0 Å². The maximum atomic E-state index is 12.9. The lowest BCUT2D eigenvalue weighted by Crippen LogP contribution is -2.20. The molecular formula is C21H19N5O3S. The van der Waals surface area contributed by atoms with Crippen LogP contribution in [-0.4, -0.2) is 37.9 Å². The number of hydrogen-bond donors (Lipinski definition) is 1. The summed E-state index contributed by atoms with van der Waals surface area (Å²) in [6.07, 6.45) is 3.35. The van der Waals surface area contributed by atoms with Gasteiger partial charge in [0.1, 0.15) is 5.75 Å². The Labute approximate surface area is 176 Å². The van der Waals surface area contributed by atoms with Gasteiger partial charge < -0.3 is 10.1 Å². The summed E-state index contributed by atoms with van der Waals surface area (Å²) in [7, 11) is 1.57. The zero-order valence-electron chi connectivity index (χ0n) is 16.4. The van der Waals surface area contributed by atoms with Crippen molar-refractivity contribution < 1.29 is 9.53 Å². The highest BCUT2D eigenvalue weighted by Crippen LogP contribution is 2.18. The molecule has 0 aliphatic carbocycles. The van der Waals surface area contributed by atoms with Gasteiger partial charge in [0.15, 0.2) is 5.16 Å². The molecule has 4 aromatic rings. The van der Waals surface area contributed by atoms with Gasteiger partial charge in [-0.2, -0.15) is 0 Å². The maximum absolute atomic E-state index is 12.9. The smallest absolute Gasteiger partial charge is 0.300 e. The Morgan fingerprint density at radius 3 is 2.77 bits per heavy atom. The van der Waals surface area contributed by atoms with Crippen LogP contribution in [0.15, 0.2) is 70.9 Å². The predicted octanol–water partition coefficient (Wildman–Crippen LogP) is 2.93. The molecule has 152 valence electrons. The highest BCUT2D eigenvalue weighted by molar-refractivity contribution is 7.99. The van der Waals surface area contributed by atoms with Crippen LogP contribution in [0.4, 0.5) is 5.69 Å². The number of thioether (sulfide) groups is 1. The molecule has 30 heavy (non-hydrogen) atoms. The molecule has 0 saturated carbocycles. The molecule has 0 spiro atoms. The van der Waals surface area contributed by atoms with Crippen LogP contribution >= 0.6 is 11.8 Å². The second kappa shape index (κ2) is 8.42. The topological polar surface area (TPSA) is 90.5 Å². The number of hydrogen-bond acceptors (Lipinski definition) is 6. The third-order valence-corrected chi connectivity index (χ3v) is 5.35. The Morgan fingerprint density at radius 1 is 1.13 bits per heavy atom. The lowest BCUT2D eigenvalue weighted by molar-refractivity contribution is -0.113. The highest BCUT2D eigenvalue weighted by atomic mass is 32.2. The molecule has 2 heterocycles. The first kappa shape index (κ1) is 19.7. The zero-order chi connectivity index (χ0) is 21.1. The van der Waals surface area contributed by atoms with Crippen LogP contribution in [0.3, 0.4) is 0 Å². The second-order valence-electron chi connectivity index (χ2n) is 6.56. The fourth-order valence-corrected chi connectivity index (χ4v) is 3.70. The van der Waals surface area contributed by atoms with E-state index in [4.69, 9.17) is 4.74 Å². The fraction of sp³-hybridized carbons (Fsp3) is 0.143. The summed E-state index contributed by atoms with van der Waals surface area (Å²) in [4.78, 5) is 25.1. The zero-order valence-corrected chi connectivity index (χ0v) is 17.2. The molecular weight excluding hydrogens is 402 g/mol. The molecule has 0 atom stereocenters. The van der Waals surface area contributed by atoms with E-state index < -0.39 is 0 Å². The number of carbonyl (C=O) groups excluding carboxylic acids is 1. The summed E-state index contributed by atoms with van der Waals surface area (Å²) >= 11 is 1.21. The Hall–Kier alpha value is -3.59. The normalized spacial score (nSPS) is 10.9. The van der Waals surface area contributed by atoms with E-state index in [-0.39, 0.29) is 22.9 Å². The molecule has 0 aliphatic rings. The first-order chi connectivity index (χ1) is 14.5. The SMILES string of the molecule is COc1cccc(-n2ccn3c(SCC(=O)Nc4cccc(C)c4)nnc3c2=O)c1. The number of fused-ring (bicyclic) bond motifs is 1. The average Bonchev–Trinajstić information content (AvgIpc) is 3.16. The third kappa shape index (κ3) is 4.06. The molecule has 8 nitrogen and oxygen atoms in total. The fourth-order valence-electron chi connectivity index (χ4n) is 2.98.